The number of rotatable bonds is 4. The van der Waals surface area contributed by atoms with E-state index in [0.29, 0.717) is 0 Å². The normalized spacial score (nSPS) is 17.0. The monoisotopic (exact) mass is 236 g/mol. The summed E-state index contributed by atoms with van der Waals surface area (Å²) in [6.07, 6.45) is 1.78. The van der Waals surface area contributed by atoms with E-state index < -0.39 is 0 Å². The Kier molecular flexibility index (Phi) is 4.17. The van der Waals surface area contributed by atoms with Gasteiger partial charge in [-0.3, -0.25) is 4.90 Å². The second kappa shape index (κ2) is 5.84. The number of hydrogen-bond acceptors (Lipinski definition) is 5. The van der Waals surface area contributed by atoms with Gasteiger partial charge in [-0.05, 0) is 18.6 Å². The van der Waals surface area contributed by atoms with Gasteiger partial charge in [-0.25, -0.2) is 4.98 Å². The molecule has 1 aromatic rings. The highest BCUT2D eigenvalue weighted by Crippen LogP contribution is 2.18. The molecule has 0 radical (unpaired) electrons. The van der Waals surface area contributed by atoms with Crippen molar-refractivity contribution in [1.29, 1.82) is 0 Å². The predicted molar refractivity (Wildman–Crippen MR) is 69.1 cm³/mol. The van der Waals surface area contributed by atoms with Crippen molar-refractivity contribution in [2.24, 2.45) is 0 Å². The highest BCUT2D eigenvalue weighted by molar-refractivity contribution is 5.64. The van der Waals surface area contributed by atoms with Crippen molar-refractivity contribution in [1.82, 2.24) is 9.88 Å². The number of aromatic nitrogens is 1. The highest BCUT2D eigenvalue weighted by Gasteiger charge is 2.09. The molecule has 5 nitrogen and oxygen atoms in total. The third-order valence-electron chi connectivity index (χ3n) is 3.03. The van der Waals surface area contributed by atoms with E-state index in [2.05, 4.69) is 15.2 Å². The number of nitrogens with one attached hydrogen (secondary N) is 1. The Morgan fingerprint density at radius 1 is 1.47 bits per heavy atom. The molecule has 94 valence electrons. The molecule has 3 N–H and O–H groups in total. The molecule has 1 saturated heterocycles. The van der Waals surface area contributed by atoms with E-state index >= 15 is 0 Å². The fraction of sp³-hybridized carbons (Fsp3) is 0.583. The van der Waals surface area contributed by atoms with Crippen LogP contribution >= 0.6 is 0 Å². The number of nitrogens with zero attached hydrogens (tertiary/aromatic N) is 2. The van der Waals surface area contributed by atoms with Crippen LogP contribution in [-0.2, 0) is 4.74 Å². The third-order valence-corrected chi connectivity index (χ3v) is 3.03. The summed E-state index contributed by atoms with van der Waals surface area (Å²) in [5.74, 6) is 0.790. The van der Waals surface area contributed by atoms with Crippen molar-refractivity contribution in [3.63, 3.8) is 0 Å². The summed E-state index contributed by atoms with van der Waals surface area (Å²) in [6.45, 7) is 7.55. The van der Waals surface area contributed by atoms with Crippen LogP contribution in [0.4, 0.5) is 11.5 Å². The first-order chi connectivity index (χ1) is 8.27. The SMILES string of the molecule is Cc1ccnc(NCCN2CCOCC2)c1N. The van der Waals surface area contributed by atoms with Crippen molar-refractivity contribution >= 4 is 11.5 Å². The molecule has 0 amide bonds. The van der Waals surface area contributed by atoms with E-state index in [9.17, 15) is 0 Å². The van der Waals surface area contributed by atoms with Crippen LogP contribution in [0.25, 0.3) is 0 Å². The lowest BCUT2D eigenvalue weighted by Gasteiger charge is -2.26. The molecule has 0 atom stereocenters. The summed E-state index contributed by atoms with van der Waals surface area (Å²) in [5.41, 5.74) is 7.75. The van der Waals surface area contributed by atoms with Crippen molar-refractivity contribution in [2.45, 2.75) is 6.92 Å². The molecule has 0 aromatic carbocycles. The van der Waals surface area contributed by atoms with E-state index in [-0.39, 0.29) is 0 Å². The third kappa shape index (κ3) is 3.31. The zero-order valence-electron chi connectivity index (χ0n) is 10.3. The molecule has 2 rings (SSSR count). The van der Waals surface area contributed by atoms with Crippen LogP contribution in [0.5, 0.6) is 0 Å². The number of nitrogens with two attached hydrogens (primary N) is 1. The fourth-order valence-electron chi connectivity index (χ4n) is 1.87. The number of nitrogen functional groups attached to an aromatic ring is 1. The minimum atomic E-state index is 0.745. The van der Waals surface area contributed by atoms with Crippen molar-refractivity contribution in [2.75, 3.05) is 50.4 Å². The van der Waals surface area contributed by atoms with E-state index in [1.165, 1.54) is 0 Å². The van der Waals surface area contributed by atoms with Crippen LogP contribution in [0.2, 0.25) is 0 Å². The van der Waals surface area contributed by atoms with E-state index in [1.807, 2.05) is 13.0 Å². The van der Waals surface area contributed by atoms with E-state index in [4.69, 9.17) is 10.5 Å². The summed E-state index contributed by atoms with van der Waals surface area (Å²) in [4.78, 5) is 6.62. The number of ether oxygens (including phenoxy) is 1. The lowest BCUT2D eigenvalue weighted by Crippen LogP contribution is -2.39. The molecule has 1 aromatic heterocycles. The van der Waals surface area contributed by atoms with Crippen LogP contribution in [0.3, 0.4) is 0 Å². The maximum absolute atomic E-state index is 5.94. The Hall–Kier alpha value is -1.33. The fourth-order valence-corrected chi connectivity index (χ4v) is 1.87. The Labute approximate surface area is 102 Å². The molecule has 2 heterocycles. The maximum Gasteiger partial charge on any atom is 0.149 e. The summed E-state index contributed by atoms with van der Waals surface area (Å²) >= 11 is 0. The molecule has 0 unspecified atom stereocenters. The summed E-state index contributed by atoms with van der Waals surface area (Å²) in [7, 11) is 0. The quantitative estimate of drug-likeness (QED) is 0.806. The van der Waals surface area contributed by atoms with Crippen LogP contribution in [-0.4, -0.2) is 49.3 Å². The Morgan fingerprint density at radius 3 is 3.00 bits per heavy atom. The standard InChI is InChI=1S/C12H20N4O/c1-10-2-3-14-12(11(10)13)15-4-5-16-6-8-17-9-7-16/h2-3H,4-9,13H2,1H3,(H,14,15). The van der Waals surface area contributed by atoms with Crippen LogP contribution in [0.1, 0.15) is 5.56 Å². The van der Waals surface area contributed by atoms with Gasteiger partial charge in [-0.1, -0.05) is 0 Å². The van der Waals surface area contributed by atoms with Gasteiger partial charge in [-0.15, -0.1) is 0 Å². The molecule has 17 heavy (non-hydrogen) atoms. The van der Waals surface area contributed by atoms with Crippen molar-refractivity contribution in [3.8, 4) is 0 Å². The van der Waals surface area contributed by atoms with Gasteiger partial charge in [0.2, 0.25) is 0 Å². The molecule has 0 spiro atoms. The predicted octanol–water partition coefficient (Wildman–Crippen LogP) is 0.716. The summed E-state index contributed by atoms with van der Waals surface area (Å²) in [6, 6.07) is 1.92. The topological polar surface area (TPSA) is 63.4 Å². The minimum Gasteiger partial charge on any atom is -0.396 e. The molecule has 1 aliphatic heterocycles. The number of morpholine rings is 1. The van der Waals surface area contributed by atoms with Gasteiger partial charge in [0, 0.05) is 32.4 Å². The molecule has 1 fully saturated rings. The van der Waals surface area contributed by atoms with Gasteiger partial charge < -0.3 is 15.8 Å². The van der Waals surface area contributed by atoms with Gasteiger partial charge in [0.15, 0.2) is 0 Å². The molecule has 1 aliphatic rings. The zero-order chi connectivity index (χ0) is 12.1. The molecule has 5 heteroatoms. The average molecular weight is 236 g/mol. The largest absolute Gasteiger partial charge is 0.396 e. The molecule has 0 bridgehead atoms. The first-order valence-electron chi connectivity index (χ1n) is 6.02. The van der Waals surface area contributed by atoms with Crippen LogP contribution in [0, 0.1) is 6.92 Å². The smallest absolute Gasteiger partial charge is 0.149 e. The Morgan fingerprint density at radius 2 is 2.24 bits per heavy atom. The molecular formula is C12H20N4O. The van der Waals surface area contributed by atoms with Gasteiger partial charge in [0.05, 0.1) is 18.9 Å². The summed E-state index contributed by atoms with van der Waals surface area (Å²) in [5, 5.41) is 3.28. The molecular weight excluding hydrogens is 216 g/mol. The minimum absolute atomic E-state index is 0.745. The van der Waals surface area contributed by atoms with E-state index in [1.54, 1.807) is 6.20 Å². The average Bonchev–Trinajstić information content (AvgIpc) is 2.36. The zero-order valence-corrected chi connectivity index (χ0v) is 10.3. The second-order valence-corrected chi connectivity index (χ2v) is 4.27. The summed E-state index contributed by atoms with van der Waals surface area (Å²) < 4.78 is 5.30. The maximum atomic E-state index is 5.94. The Bertz CT molecular complexity index is 364. The van der Waals surface area contributed by atoms with Crippen LogP contribution < -0.4 is 11.1 Å². The van der Waals surface area contributed by atoms with Gasteiger partial charge in [0.1, 0.15) is 5.82 Å². The molecule has 0 saturated carbocycles. The van der Waals surface area contributed by atoms with Crippen molar-refractivity contribution < 1.29 is 4.74 Å². The van der Waals surface area contributed by atoms with Crippen molar-refractivity contribution in [3.05, 3.63) is 17.8 Å². The lowest BCUT2D eigenvalue weighted by molar-refractivity contribution is 0.0398. The first-order valence-corrected chi connectivity index (χ1v) is 6.02. The van der Waals surface area contributed by atoms with Crippen LogP contribution in [0.15, 0.2) is 12.3 Å². The number of hydrogen-bond donors (Lipinski definition) is 2. The number of pyridine rings is 1. The Balaban J connectivity index is 1.79. The van der Waals surface area contributed by atoms with E-state index in [0.717, 1.165) is 56.5 Å². The van der Waals surface area contributed by atoms with Gasteiger partial charge >= 0.3 is 0 Å². The second-order valence-electron chi connectivity index (χ2n) is 4.27. The number of aryl methyl sites for hydroxylation is 1. The van der Waals surface area contributed by atoms with Gasteiger partial charge in [-0.2, -0.15) is 0 Å². The van der Waals surface area contributed by atoms with Gasteiger partial charge in [0.25, 0.3) is 0 Å². The first kappa shape index (κ1) is 12.1. The lowest BCUT2D eigenvalue weighted by atomic mass is 10.2. The molecule has 0 aliphatic carbocycles. The highest BCUT2D eigenvalue weighted by atomic mass is 16.5. The number of anilines is 2.